The molecule has 0 radical (unpaired) electrons. The summed E-state index contributed by atoms with van der Waals surface area (Å²) in [4.78, 5) is 11.9. The van der Waals surface area contributed by atoms with E-state index in [2.05, 4.69) is 5.32 Å². The second-order valence-corrected chi connectivity index (χ2v) is 5.44. The fourth-order valence-electron chi connectivity index (χ4n) is 2.63. The number of rotatable bonds is 4. The van der Waals surface area contributed by atoms with Gasteiger partial charge in [0.15, 0.2) is 6.61 Å². The summed E-state index contributed by atoms with van der Waals surface area (Å²) >= 11 is 0. The highest BCUT2D eigenvalue weighted by Crippen LogP contribution is 2.20. The topological polar surface area (TPSA) is 64.3 Å². The zero-order valence-electron chi connectivity index (χ0n) is 11.9. The normalized spacial score (nSPS) is 17.0. The molecule has 0 aromatic heterocycles. The van der Waals surface area contributed by atoms with Crippen LogP contribution >= 0.6 is 0 Å². The van der Waals surface area contributed by atoms with E-state index in [1.165, 1.54) is 32.1 Å². The van der Waals surface area contributed by atoms with E-state index in [4.69, 9.17) is 10.5 Å². The molecular weight excluding hydrogens is 252 g/mol. The third kappa shape index (κ3) is 4.76. The van der Waals surface area contributed by atoms with Crippen molar-refractivity contribution in [1.29, 1.82) is 0 Å². The lowest BCUT2D eigenvalue weighted by Gasteiger charge is -2.21. The second kappa shape index (κ2) is 7.78. The van der Waals surface area contributed by atoms with E-state index in [0.717, 1.165) is 12.8 Å². The molecule has 1 fully saturated rings. The van der Waals surface area contributed by atoms with E-state index in [1.54, 1.807) is 12.1 Å². The van der Waals surface area contributed by atoms with Gasteiger partial charge in [-0.25, -0.2) is 0 Å². The maximum absolute atomic E-state index is 11.9. The molecule has 0 heterocycles. The van der Waals surface area contributed by atoms with Crippen molar-refractivity contribution in [2.45, 2.75) is 51.0 Å². The van der Waals surface area contributed by atoms with Gasteiger partial charge in [0.05, 0.1) is 5.69 Å². The van der Waals surface area contributed by atoms with Crippen molar-refractivity contribution in [2.75, 3.05) is 12.3 Å². The quantitative estimate of drug-likeness (QED) is 0.831. The molecule has 20 heavy (non-hydrogen) atoms. The predicted octanol–water partition coefficient (Wildman–Crippen LogP) is 2.88. The van der Waals surface area contributed by atoms with Crippen molar-refractivity contribution in [2.24, 2.45) is 0 Å². The number of carbonyl (C=O) groups is 1. The van der Waals surface area contributed by atoms with Crippen LogP contribution in [0.2, 0.25) is 0 Å². The van der Waals surface area contributed by atoms with Crippen LogP contribution in [0.5, 0.6) is 5.75 Å². The Morgan fingerprint density at radius 3 is 2.50 bits per heavy atom. The summed E-state index contributed by atoms with van der Waals surface area (Å²) in [5.41, 5.74) is 6.33. The Bertz CT molecular complexity index is 426. The van der Waals surface area contributed by atoms with Crippen LogP contribution in [-0.4, -0.2) is 18.6 Å². The molecule has 0 unspecified atom stereocenters. The van der Waals surface area contributed by atoms with Gasteiger partial charge in [-0.3, -0.25) is 4.79 Å². The lowest BCUT2D eigenvalue weighted by molar-refractivity contribution is -0.123. The van der Waals surface area contributed by atoms with Crippen LogP contribution in [-0.2, 0) is 4.79 Å². The Morgan fingerprint density at radius 2 is 1.80 bits per heavy atom. The van der Waals surface area contributed by atoms with Crippen molar-refractivity contribution in [3.63, 3.8) is 0 Å². The fraction of sp³-hybridized carbons (Fsp3) is 0.562. The van der Waals surface area contributed by atoms with Crippen LogP contribution in [0.3, 0.4) is 0 Å². The SMILES string of the molecule is Nc1ccccc1OCC(=O)NC1CCCCCCC1. The average molecular weight is 276 g/mol. The van der Waals surface area contributed by atoms with Gasteiger partial charge in [0.25, 0.3) is 5.91 Å². The van der Waals surface area contributed by atoms with Crippen LogP contribution in [0.4, 0.5) is 5.69 Å². The van der Waals surface area contributed by atoms with E-state index >= 15 is 0 Å². The Labute approximate surface area is 120 Å². The van der Waals surface area contributed by atoms with Crippen LogP contribution in [0.15, 0.2) is 24.3 Å². The minimum atomic E-state index is -0.0566. The van der Waals surface area contributed by atoms with Gasteiger partial charge >= 0.3 is 0 Å². The molecule has 1 aromatic rings. The summed E-state index contributed by atoms with van der Waals surface area (Å²) < 4.78 is 5.46. The third-order valence-corrected chi connectivity index (χ3v) is 3.75. The van der Waals surface area contributed by atoms with Gasteiger partial charge < -0.3 is 15.8 Å². The molecule has 110 valence electrons. The number of anilines is 1. The maximum atomic E-state index is 11.9. The molecule has 1 aromatic carbocycles. The van der Waals surface area contributed by atoms with Gasteiger partial charge in [0.1, 0.15) is 5.75 Å². The summed E-state index contributed by atoms with van der Waals surface area (Å²) in [5.74, 6) is 0.513. The van der Waals surface area contributed by atoms with E-state index < -0.39 is 0 Å². The van der Waals surface area contributed by atoms with Gasteiger partial charge in [0, 0.05) is 6.04 Å². The first kappa shape index (κ1) is 14.7. The Morgan fingerprint density at radius 1 is 1.15 bits per heavy atom. The lowest BCUT2D eigenvalue weighted by Crippen LogP contribution is -2.38. The highest BCUT2D eigenvalue weighted by molar-refractivity contribution is 5.78. The average Bonchev–Trinajstić information content (AvgIpc) is 2.41. The molecule has 1 amide bonds. The third-order valence-electron chi connectivity index (χ3n) is 3.75. The minimum Gasteiger partial charge on any atom is -0.482 e. The van der Waals surface area contributed by atoms with Crippen molar-refractivity contribution >= 4 is 11.6 Å². The van der Waals surface area contributed by atoms with Crippen molar-refractivity contribution in [3.8, 4) is 5.75 Å². The van der Waals surface area contributed by atoms with Gasteiger partial charge in [-0.1, -0.05) is 44.2 Å². The van der Waals surface area contributed by atoms with Gasteiger partial charge in [-0.15, -0.1) is 0 Å². The number of benzene rings is 1. The monoisotopic (exact) mass is 276 g/mol. The molecule has 0 atom stereocenters. The number of hydrogen-bond donors (Lipinski definition) is 2. The van der Waals surface area contributed by atoms with Gasteiger partial charge in [0.2, 0.25) is 0 Å². The smallest absolute Gasteiger partial charge is 0.258 e. The molecule has 3 N–H and O–H groups in total. The summed E-state index contributed by atoms with van der Waals surface area (Å²) in [7, 11) is 0. The molecule has 1 aliphatic carbocycles. The number of para-hydroxylation sites is 2. The number of hydrogen-bond acceptors (Lipinski definition) is 3. The van der Waals surface area contributed by atoms with Crippen molar-refractivity contribution in [3.05, 3.63) is 24.3 Å². The van der Waals surface area contributed by atoms with Crippen molar-refractivity contribution in [1.82, 2.24) is 5.32 Å². The number of nitrogen functional groups attached to an aromatic ring is 1. The van der Waals surface area contributed by atoms with E-state index in [1.807, 2.05) is 12.1 Å². The van der Waals surface area contributed by atoms with E-state index in [9.17, 15) is 4.79 Å². The summed E-state index contributed by atoms with van der Waals surface area (Å²) in [5, 5.41) is 3.07. The molecule has 4 nitrogen and oxygen atoms in total. The predicted molar refractivity (Wildman–Crippen MR) is 80.6 cm³/mol. The molecule has 1 saturated carbocycles. The number of nitrogens with two attached hydrogens (primary N) is 1. The molecule has 0 bridgehead atoms. The van der Waals surface area contributed by atoms with Crippen LogP contribution in [0, 0.1) is 0 Å². The molecule has 4 heteroatoms. The number of nitrogens with one attached hydrogen (secondary N) is 1. The summed E-state index contributed by atoms with van der Waals surface area (Å²) in [6.07, 6.45) is 8.47. The van der Waals surface area contributed by atoms with E-state index in [-0.39, 0.29) is 12.5 Å². The standard InChI is InChI=1S/C16H24N2O2/c17-14-10-6-7-11-15(14)20-12-16(19)18-13-8-4-2-1-3-5-9-13/h6-7,10-11,13H,1-5,8-9,12,17H2,(H,18,19). The number of ether oxygens (including phenoxy) is 1. The first-order valence-electron chi connectivity index (χ1n) is 7.52. The fourth-order valence-corrected chi connectivity index (χ4v) is 2.63. The zero-order chi connectivity index (χ0) is 14.2. The minimum absolute atomic E-state index is 0.0325. The van der Waals surface area contributed by atoms with E-state index in [0.29, 0.717) is 17.5 Å². The van der Waals surface area contributed by atoms with Crippen molar-refractivity contribution < 1.29 is 9.53 Å². The first-order valence-corrected chi connectivity index (χ1v) is 7.52. The zero-order valence-corrected chi connectivity index (χ0v) is 11.9. The highest BCUT2D eigenvalue weighted by atomic mass is 16.5. The second-order valence-electron chi connectivity index (χ2n) is 5.44. The molecule has 0 saturated heterocycles. The van der Waals surface area contributed by atoms with Gasteiger partial charge in [-0.2, -0.15) is 0 Å². The molecule has 2 rings (SSSR count). The highest BCUT2D eigenvalue weighted by Gasteiger charge is 2.14. The van der Waals surface area contributed by atoms with Crippen LogP contribution in [0.25, 0.3) is 0 Å². The largest absolute Gasteiger partial charge is 0.482 e. The van der Waals surface area contributed by atoms with Crippen LogP contribution < -0.4 is 15.8 Å². The Kier molecular flexibility index (Phi) is 5.71. The Hall–Kier alpha value is -1.71. The lowest BCUT2D eigenvalue weighted by atomic mass is 9.97. The number of carbonyl (C=O) groups excluding carboxylic acids is 1. The molecular formula is C16H24N2O2. The molecule has 1 aliphatic rings. The Balaban J connectivity index is 1.75. The van der Waals surface area contributed by atoms with Gasteiger partial charge in [-0.05, 0) is 25.0 Å². The molecule has 0 aliphatic heterocycles. The summed E-state index contributed by atoms with van der Waals surface area (Å²) in [6, 6.07) is 7.54. The first-order chi connectivity index (χ1) is 9.75. The summed E-state index contributed by atoms with van der Waals surface area (Å²) in [6.45, 7) is 0.0325. The maximum Gasteiger partial charge on any atom is 0.258 e. The van der Waals surface area contributed by atoms with Crippen LogP contribution in [0.1, 0.15) is 44.9 Å². The number of amides is 1. The molecule has 0 spiro atoms.